The second kappa shape index (κ2) is 4.81. The number of amides is 3. The van der Waals surface area contributed by atoms with E-state index in [0.717, 1.165) is 31.2 Å². The fraction of sp³-hybridized carbons (Fsp3) is 0.467. The summed E-state index contributed by atoms with van der Waals surface area (Å²) in [6.07, 6.45) is 4.04. The van der Waals surface area contributed by atoms with Crippen LogP contribution in [-0.4, -0.2) is 24.0 Å². The van der Waals surface area contributed by atoms with Gasteiger partial charge >= 0.3 is 6.03 Å². The van der Waals surface area contributed by atoms with E-state index in [1.54, 1.807) is 6.07 Å². The number of hydrogen-bond acceptors (Lipinski definition) is 2. The van der Waals surface area contributed by atoms with Crippen molar-refractivity contribution < 1.29 is 9.59 Å². The minimum Gasteiger partial charge on any atom is -0.352 e. The average Bonchev–Trinajstić information content (AvgIpc) is 2.38. The van der Waals surface area contributed by atoms with Gasteiger partial charge in [0.2, 0.25) is 0 Å². The van der Waals surface area contributed by atoms with Gasteiger partial charge in [-0.3, -0.25) is 4.79 Å². The van der Waals surface area contributed by atoms with Crippen LogP contribution in [0.3, 0.4) is 0 Å². The van der Waals surface area contributed by atoms with E-state index < -0.39 is 0 Å². The van der Waals surface area contributed by atoms with E-state index in [4.69, 9.17) is 0 Å². The van der Waals surface area contributed by atoms with Crippen molar-refractivity contribution in [3.05, 3.63) is 29.3 Å². The Morgan fingerprint density at radius 3 is 2.85 bits per heavy atom. The van der Waals surface area contributed by atoms with Crippen LogP contribution in [-0.2, 0) is 6.42 Å². The lowest BCUT2D eigenvalue weighted by Crippen LogP contribution is -2.52. The molecule has 0 bridgehead atoms. The molecule has 3 amide bonds. The van der Waals surface area contributed by atoms with Gasteiger partial charge in [0.15, 0.2) is 0 Å². The Hall–Kier alpha value is -2.04. The minimum absolute atomic E-state index is 0.0683. The molecule has 106 valence electrons. The number of anilines is 1. The van der Waals surface area contributed by atoms with E-state index in [0.29, 0.717) is 17.8 Å². The number of benzene rings is 1. The van der Waals surface area contributed by atoms with Crippen LogP contribution in [0.1, 0.15) is 42.1 Å². The number of nitrogens with one attached hydrogen (secondary N) is 3. The van der Waals surface area contributed by atoms with Crippen LogP contribution in [0, 0.1) is 0 Å². The molecule has 1 aliphatic heterocycles. The zero-order valence-electron chi connectivity index (χ0n) is 11.6. The molecule has 1 aromatic rings. The van der Waals surface area contributed by atoms with Crippen molar-refractivity contribution in [3.63, 3.8) is 0 Å². The highest BCUT2D eigenvalue weighted by molar-refractivity contribution is 5.99. The van der Waals surface area contributed by atoms with E-state index in [1.165, 1.54) is 0 Å². The number of fused-ring (bicyclic) bond motifs is 1. The van der Waals surface area contributed by atoms with Gasteiger partial charge in [0, 0.05) is 23.3 Å². The summed E-state index contributed by atoms with van der Waals surface area (Å²) in [4.78, 5) is 23.7. The van der Waals surface area contributed by atoms with Crippen molar-refractivity contribution in [2.75, 3.05) is 11.9 Å². The number of urea groups is 1. The Morgan fingerprint density at radius 2 is 2.15 bits per heavy atom. The molecule has 0 saturated heterocycles. The molecule has 20 heavy (non-hydrogen) atoms. The van der Waals surface area contributed by atoms with Crippen LogP contribution in [0.2, 0.25) is 0 Å². The van der Waals surface area contributed by atoms with E-state index in [2.05, 4.69) is 22.9 Å². The lowest BCUT2D eigenvalue weighted by Gasteiger charge is -2.39. The lowest BCUT2D eigenvalue weighted by molar-refractivity contribution is 0.0946. The molecule has 0 atom stereocenters. The van der Waals surface area contributed by atoms with Crippen LogP contribution in [0.25, 0.3) is 0 Å². The molecule has 2 aliphatic rings. The van der Waals surface area contributed by atoms with Crippen molar-refractivity contribution in [1.82, 2.24) is 10.6 Å². The second-order valence-electron chi connectivity index (χ2n) is 5.87. The number of hydrogen-bond donors (Lipinski definition) is 3. The molecule has 0 unspecified atom stereocenters. The lowest BCUT2D eigenvalue weighted by atomic mass is 9.79. The van der Waals surface area contributed by atoms with Crippen molar-refractivity contribution in [2.24, 2.45) is 0 Å². The Bertz CT molecular complexity index is 564. The SMILES string of the molecule is CC1(NC(=O)Nc2ccc3c(c2)C(=O)NCC3)CCC1. The fourth-order valence-electron chi connectivity index (χ4n) is 2.76. The normalized spacial score (nSPS) is 19.4. The predicted octanol–water partition coefficient (Wildman–Crippen LogP) is 2.04. The topological polar surface area (TPSA) is 70.2 Å². The third kappa shape index (κ3) is 2.48. The molecule has 5 heteroatoms. The average molecular weight is 273 g/mol. The van der Waals surface area contributed by atoms with E-state index in [-0.39, 0.29) is 17.5 Å². The predicted molar refractivity (Wildman–Crippen MR) is 76.9 cm³/mol. The molecule has 3 rings (SSSR count). The molecule has 0 spiro atoms. The molecule has 1 aromatic carbocycles. The van der Waals surface area contributed by atoms with Gasteiger partial charge in [-0.15, -0.1) is 0 Å². The molecule has 1 saturated carbocycles. The Labute approximate surface area is 118 Å². The summed E-state index contributed by atoms with van der Waals surface area (Å²) < 4.78 is 0. The van der Waals surface area contributed by atoms with Crippen molar-refractivity contribution in [3.8, 4) is 0 Å². The first-order chi connectivity index (χ1) is 9.56. The summed E-state index contributed by atoms with van der Waals surface area (Å²) in [7, 11) is 0. The summed E-state index contributed by atoms with van der Waals surface area (Å²) in [6, 6.07) is 5.30. The standard InChI is InChI=1S/C15H19N3O2/c1-15(6-2-7-15)18-14(20)17-11-4-3-10-5-8-16-13(19)12(10)9-11/h3-4,9H,2,5-8H2,1H3,(H,16,19)(H2,17,18,20). The van der Waals surface area contributed by atoms with Crippen LogP contribution in [0.5, 0.6) is 0 Å². The minimum atomic E-state index is -0.205. The second-order valence-corrected chi connectivity index (χ2v) is 5.87. The largest absolute Gasteiger partial charge is 0.352 e. The molecular weight excluding hydrogens is 254 g/mol. The van der Waals surface area contributed by atoms with Crippen LogP contribution >= 0.6 is 0 Å². The molecule has 1 aliphatic carbocycles. The number of rotatable bonds is 2. The molecule has 5 nitrogen and oxygen atoms in total. The number of carbonyl (C=O) groups is 2. The van der Waals surface area contributed by atoms with E-state index >= 15 is 0 Å². The van der Waals surface area contributed by atoms with E-state index in [1.807, 2.05) is 12.1 Å². The summed E-state index contributed by atoms with van der Waals surface area (Å²) in [5.74, 6) is -0.0683. The van der Waals surface area contributed by atoms with Gasteiger partial charge in [0.05, 0.1) is 0 Å². The summed E-state index contributed by atoms with van der Waals surface area (Å²) in [5, 5.41) is 8.60. The smallest absolute Gasteiger partial charge is 0.319 e. The van der Waals surface area contributed by atoms with Crippen LogP contribution < -0.4 is 16.0 Å². The van der Waals surface area contributed by atoms with Gasteiger partial charge in [-0.2, -0.15) is 0 Å². The van der Waals surface area contributed by atoms with Gasteiger partial charge in [-0.25, -0.2) is 4.79 Å². The maximum Gasteiger partial charge on any atom is 0.319 e. The fourth-order valence-corrected chi connectivity index (χ4v) is 2.76. The summed E-state index contributed by atoms with van der Waals surface area (Å²) >= 11 is 0. The monoisotopic (exact) mass is 273 g/mol. The number of carbonyl (C=O) groups excluding carboxylic acids is 2. The van der Waals surface area contributed by atoms with Crippen molar-refractivity contribution in [2.45, 2.75) is 38.1 Å². The van der Waals surface area contributed by atoms with Gasteiger partial charge in [-0.05, 0) is 50.3 Å². The van der Waals surface area contributed by atoms with Gasteiger partial charge in [0.1, 0.15) is 0 Å². The van der Waals surface area contributed by atoms with Gasteiger partial charge in [0.25, 0.3) is 5.91 Å². The first-order valence-corrected chi connectivity index (χ1v) is 7.06. The zero-order valence-corrected chi connectivity index (χ0v) is 11.6. The molecule has 1 fully saturated rings. The Morgan fingerprint density at radius 1 is 1.35 bits per heavy atom. The zero-order chi connectivity index (χ0) is 14.2. The van der Waals surface area contributed by atoms with E-state index in [9.17, 15) is 9.59 Å². The maximum atomic E-state index is 11.9. The molecule has 3 N–H and O–H groups in total. The molecule has 1 heterocycles. The highest BCUT2D eigenvalue weighted by Crippen LogP contribution is 2.31. The van der Waals surface area contributed by atoms with Gasteiger partial charge in [-0.1, -0.05) is 6.07 Å². The van der Waals surface area contributed by atoms with Crippen molar-refractivity contribution >= 4 is 17.6 Å². The van der Waals surface area contributed by atoms with Crippen LogP contribution in [0.4, 0.5) is 10.5 Å². The molecular formula is C15H19N3O2. The highest BCUT2D eigenvalue weighted by Gasteiger charge is 2.33. The third-order valence-electron chi connectivity index (χ3n) is 4.16. The Kier molecular flexibility index (Phi) is 3.12. The molecule has 0 aromatic heterocycles. The van der Waals surface area contributed by atoms with Crippen LogP contribution in [0.15, 0.2) is 18.2 Å². The maximum absolute atomic E-state index is 11.9. The first-order valence-electron chi connectivity index (χ1n) is 7.06. The Balaban J connectivity index is 1.70. The van der Waals surface area contributed by atoms with Crippen molar-refractivity contribution in [1.29, 1.82) is 0 Å². The quantitative estimate of drug-likeness (QED) is 0.771. The molecule has 0 radical (unpaired) electrons. The first kappa shape index (κ1) is 13.0. The highest BCUT2D eigenvalue weighted by atomic mass is 16.2. The third-order valence-corrected chi connectivity index (χ3v) is 4.16. The summed E-state index contributed by atoms with van der Waals surface area (Å²) in [5.41, 5.74) is 2.27. The summed E-state index contributed by atoms with van der Waals surface area (Å²) in [6.45, 7) is 2.73. The van der Waals surface area contributed by atoms with Gasteiger partial charge < -0.3 is 16.0 Å².